The summed E-state index contributed by atoms with van der Waals surface area (Å²) in [5.41, 5.74) is 1.00. The Morgan fingerprint density at radius 2 is 1.80 bits per heavy atom. The van der Waals surface area contributed by atoms with Crippen LogP contribution in [0.2, 0.25) is 0 Å². The zero-order valence-corrected chi connectivity index (χ0v) is 15.3. The molecular weight excluding hydrogens is 318 g/mol. The summed E-state index contributed by atoms with van der Waals surface area (Å²) >= 11 is 0. The number of hydrogen-bond acceptors (Lipinski definition) is 4. The molecule has 25 heavy (non-hydrogen) atoms. The second-order valence-corrected chi connectivity index (χ2v) is 6.79. The highest BCUT2D eigenvalue weighted by Gasteiger charge is 2.26. The van der Waals surface area contributed by atoms with Gasteiger partial charge >= 0.3 is 5.97 Å². The fraction of sp³-hybridized carbons (Fsp3) is 0.600. The number of carbonyl (C=O) groups excluding carboxylic acids is 2. The molecule has 2 unspecified atom stereocenters. The van der Waals surface area contributed by atoms with Gasteiger partial charge in [0.15, 0.2) is 0 Å². The van der Waals surface area contributed by atoms with E-state index >= 15 is 0 Å². The van der Waals surface area contributed by atoms with Crippen LogP contribution in [0, 0.1) is 11.8 Å². The van der Waals surface area contributed by atoms with Crippen LogP contribution in [-0.4, -0.2) is 31.1 Å². The molecule has 1 aromatic carbocycles. The molecule has 1 fully saturated rings. The monoisotopic (exact) mass is 347 g/mol. The number of benzene rings is 1. The largest absolute Gasteiger partial charge is 0.461 e. The van der Waals surface area contributed by atoms with E-state index in [0.717, 1.165) is 44.1 Å². The molecule has 2 rings (SSSR count). The molecule has 0 spiro atoms. The Balaban J connectivity index is 1.79. The van der Waals surface area contributed by atoms with Crippen LogP contribution in [0.15, 0.2) is 30.3 Å². The quantitative estimate of drug-likeness (QED) is 0.581. The van der Waals surface area contributed by atoms with Gasteiger partial charge in [0.1, 0.15) is 6.61 Å². The first-order chi connectivity index (χ1) is 12.1. The Kier molecular flexibility index (Phi) is 7.92. The molecule has 1 aliphatic carbocycles. The van der Waals surface area contributed by atoms with Gasteiger partial charge in [0.25, 0.3) is 0 Å². The lowest BCUT2D eigenvalue weighted by atomic mass is 9.83. The maximum absolute atomic E-state index is 12.3. The Labute approximate surface area is 150 Å². The Morgan fingerprint density at radius 1 is 1.08 bits per heavy atom. The lowest BCUT2D eigenvalue weighted by molar-refractivity contribution is -0.174. The number of amides is 1. The average molecular weight is 347 g/mol. The topological polar surface area (TPSA) is 55.8 Å². The van der Waals surface area contributed by atoms with Crippen LogP contribution >= 0.6 is 0 Å². The van der Waals surface area contributed by atoms with E-state index in [-0.39, 0.29) is 17.8 Å². The van der Waals surface area contributed by atoms with Gasteiger partial charge in [-0.3, -0.25) is 14.4 Å². The third-order valence-electron chi connectivity index (χ3n) is 4.97. The van der Waals surface area contributed by atoms with E-state index in [1.54, 1.807) is 7.05 Å². The van der Waals surface area contributed by atoms with E-state index in [9.17, 15) is 9.59 Å². The fourth-order valence-electron chi connectivity index (χ4n) is 3.38. The number of carbonyl (C=O) groups is 2. The predicted molar refractivity (Wildman–Crippen MR) is 95.3 cm³/mol. The van der Waals surface area contributed by atoms with E-state index in [1.807, 2.05) is 30.3 Å². The molecule has 0 aromatic heterocycles. The third kappa shape index (κ3) is 6.50. The summed E-state index contributed by atoms with van der Waals surface area (Å²) in [7, 11) is 3.16. The van der Waals surface area contributed by atoms with E-state index in [4.69, 9.17) is 9.57 Å². The van der Waals surface area contributed by atoms with E-state index in [2.05, 4.69) is 0 Å². The summed E-state index contributed by atoms with van der Waals surface area (Å²) in [5.74, 6) is 0.181. The highest BCUT2D eigenvalue weighted by atomic mass is 16.7. The van der Waals surface area contributed by atoms with Gasteiger partial charge in [-0.15, -0.1) is 0 Å². The molecule has 0 saturated heterocycles. The molecule has 0 aliphatic heterocycles. The minimum Gasteiger partial charge on any atom is -0.461 e. The molecule has 1 saturated carbocycles. The summed E-state index contributed by atoms with van der Waals surface area (Å²) in [5, 5.41) is 1.31. The second kappa shape index (κ2) is 10.2. The first kappa shape index (κ1) is 19.4. The normalized spacial score (nSPS) is 21.0. The smallest absolute Gasteiger partial charge is 0.306 e. The van der Waals surface area contributed by atoms with Crippen molar-refractivity contribution in [1.82, 2.24) is 5.06 Å². The Hall–Kier alpha value is -1.88. The SMILES string of the molecule is CON(C)C(=O)C1CCCCC(CC(=O)OCc2ccccc2)CC1. The second-order valence-electron chi connectivity index (χ2n) is 6.79. The van der Waals surface area contributed by atoms with E-state index < -0.39 is 0 Å². The molecule has 0 bridgehead atoms. The van der Waals surface area contributed by atoms with Crippen molar-refractivity contribution in [3.05, 3.63) is 35.9 Å². The summed E-state index contributed by atoms with van der Waals surface area (Å²) in [6.07, 6.45) is 6.13. The molecule has 1 aliphatic rings. The van der Waals surface area contributed by atoms with Crippen LogP contribution in [0.1, 0.15) is 50.5 Å². The molecule has 0 radical (unpaired) electrons. The molecule has 5 nitrogen and oxygen atoms in total. The molecule has 0 heterocycles. The Bertz CT molecular complexity index is 546. The van der Waals surface area contributed by atoms with Crippen LogP contribution in [0.4, 0.5) is 0 Å². The zero-order chi connectivity index (χ0) is 18.1. The van der Waals surface area contributed by atoms with Crippen LogP contribution in [0.25, 0.3) is 0 Å². The van der Waals surface area contributed by atoms with Crippen LogP contribution in [0.5, 0.6) is 0 Å². The van der Waals surface area contributed by atoms with Crippen molar-refractivity contribution >= 4 is 11.9 Å². The lowest BCUT2D eigenvalue weighted by Gasteiger charge is -2.26. The molecular formula is C20H29NO4. The predicted octanol–water partition coefficient (Wildman–Crippen LogP) is 3.73. The molecule has 1 amide bonds. The van der Waals surface area contributed by atoms with Crippen LogP contribution < -0.4 is 0 Å². The van der Waals surface area contributed by atoms with Crippen LogP contribution in [0.3, 0.4) is 0 Å². The van der Waals surface area contributed by atoms with Gasteiger partial charge in [-0.25, -0.2) is 5.06 Å². The van der Waals surface area contributed by atoms with E-state index in [0.29, 0.717) is 18.9 Å². The van der Waals surface area contributed by atoms with Gasteiger partial charge in [-0.1, -0.05) is 43.2 Å². The number of esters is 1. The minimum atomic E-state index is -0.147. The maximum atomic E-state index is 12.3. The summed E-state index contributed by atoms with van der Waals surface area (Å²) in [4.78, 5) is 29.4. The number of rotatable bonds is 6. The molecule has 0 N–H and O–H groups in total. The van der Waals surface area contributed by atoms with Gasteiger partial charge in [-0.05, 0) is 37.2 Å². The maximum Gasteiger partial charge on any atom is 0.306 e. The highest BCUT2D eigenvalue weighted by molar-refractivity contribution is 5.77. The highest BCUT2D eigenvalue weighted by Crippen LogP contribution is 2.29. The molecule has 2 atom stereocenters. The number of hydroxylamine groups is 2. The number of nitrogens with zero attached hydrogens (tertiary/aromatic N) is 1. The van der Waals surface area contributed by atoms with Crippen molar-refractivity contribution < 1.29 is 19.2 Å². The number of ether oxygens (including phenoxy) is 1. The van der Waals surface area contributed by atoms with Gasteiger partial charge < -0.3 is 4.74 Å². The van der Waals surface area contributed by atoms with Crippen molar-refractivity contribution in [2.75, 3.05) is 14.2 Å². The van der Waals surface area contributed by atoms with Crippen molar-refractivity contribution in [2.45, 2.75) is 51.6 Å². The molecule has 5 heteroatoms. The van der Waals surface area contributed by atoms with Gasteiger partial charge in [-0.2, -0.15) is 0 Å². The fourth-order valence-corrected chi connectivity index (χ4v) is 3.38. The Morgan fingerprint density at radius 3 is 2.52 bits per heavy atom. The zero-order valence-electron chi connectivity index (χ0n) is 15.3. The standard InChI is InChI=1S/C20H29NO4/c1-21(24-2)20(23)18-11-7-6-8-16(12-13-18)14-19(22)25-15-17-9-4-3-5-10-17/h3-5,9-10,16,18H,6-8,11-15H2,1-2H3. The van der Waals surface area contributed by atoms with Gasteiger partial charge in [0.05, 0.1) is 7.11 Å². The van der Waals surface area contributed by atoms with Crippen LogP contribution in [-0.2, 0) is 25.8 Å². The average Bonchev–Trinajstić information content (AvgIpc) is 2.62. The summed E-state index contributed by atoms with van der Waals surface area (Å²) in [6, 6.07) is 9.72. The first-order valence-electron chi connectivity index (χ1n) is 9.11. The minimum absolute atomic E-state index is 0.00640. The molecule has 138 valence electrons. The number of hydrogen-bond donors (Lipinski definition) is 0. The van der Waals surface area contributed by atoms with Crippen molar-refractivity contribution in [2.24, 2.45) is 11.8 Å². The lowest BCUT2D eigenvalue weighted by Crippen LogP contribution is -2.33. The van der Waals surface area contributed by atoms with Gasteiger partial charge in [0, 0.05) is 19.4 Å². The molecule has 1 aromatic rings. The summed E-state index contributed by atoms with van der Waals surface area (Å²) in [6.45, 7) is 0.326. The third-order valence-corrected chi connectivity index (χ3v) is 4.97. The summed E-state index contributed by atoms with van der Waals surface area (Å²) < 4.78 is 5.40. The van der Waals surface area contributed by atoms with Crippen molar-refractivity contribution in [3.8, 4) is 0 Å². The van der Waals surface area contributed by atoms with E-state index in [1.165, 1.54) is 12.2 Å². The first-order valence-corrected chi connectivity index (χ1v) is 9.11. The van der Waals surface area contributed by atoms with Gasteiger partial charge in [0.2, 0.25) is 5.91 Å². The van der Waals surface area contributed by atoms with Crippen molar-refractivity contribution in [3.63, 3.8) is 0 Å². The van der Waals surface area contributed by atoms with Crippen molar-refractivity contribution in [1.29, 1.82) is 0 Å².